The minimum Gasteiger partial charge on any atom is -0.497 e. The minimum absolute atomic E-state index is 0.125. The molecule has 28 heavy (non-hydrogen) atoms. The number of carbonyl (C=O) groups excluding carboxylic acids is 1. The number of amides is 1. The van der Waals surface area contributed by atoms with E-state index in [0.29, 0.717) is 11.7 Å². The lowest BCUT2D eigenvalue weighted by Crippen LogP contribution is -2.43. The quantitative estimate of drug-likeness (QED) is 0.582. The lowest BCUT2D eigenvalue weighted by molar-refractivity contribution is -0.131. The zero-order chi connectivity index (χ0) is 20.8. The predicted octanol–water partition coefficient (Wildman–Crippen LogP) is 4.35. The van der Waals surface area contributed by atoms with Crippen LogP contribution in [-0.2, 0) is 11.3 Å². The zero-order valence-electron chi connectivity index (χ0n) is 18.0. The number of nitrogens with zero attached hydrogens (tertiary/aromatic N) is 4. The Labute approximate surface area is 172 Å². The van der Waals surface area contributed by atoms with E-state index in [9.17, 15) is 4.79 Å². The summed E-state index contributed by atoms with van der Waals surface area (Å²) >= 11 is 1.46. The number of methoxy groups -OCH3 is 1. The molecule has 0 aliphatic carbocycles. The van der Waals surface area contributed by atoms with E-state index >= 15 is 0 Å². The van der Waals surface area contributed by atoms with Gasteiger partial charge in [-0.3, -0.25) is 4.79 Å². The van der Waals surface area contributed by atoms with Gasteiger partial charge in [-0.25, -0.2) is 0 Å². The molecule has 1 aromatic heterocycles. The summed E-state index contributed by atoms with van der Waals surface area (Å²) in [4.78, 5) is 14.6. The highest BCUT2D eigenvalue weighted by Gasteiger charge is 2.22. The fourth-order valence-corrected chi connectivity index (χ4v) is 4.07. The number of hydrogen-bond donors (Lipinski definition) is 0. The largest absolute Gasteiger partial charge is 0.497 e. The SMILES string of the molecule is COc1ccc(-c2nnc(SCC(=O)N(C(C)C)C(C)C)n2CC(C)C)cc1. The zero-order valence-corrected chi connectivity index (χ0v) is 18.8. The number of carbonyl (C=O) groups is 1. The molecular formula is C21H32N4O2S. The fourth-order valence-electron chi connectivity index (χ4n) is 3.25. The van der Waals surface area contributed by atoms with Gasteiger partial charge in [0.25, 0.3) is 0 Å². The summed E-state index contributed by atoms with van der Waals surface area (Å²) in [5.41, 5.74) is 0.984. The van der Waals surface area contributed by atoms with Crippen LogP contribution < -0.4 is 4.74 Å². The normalized spacial score (nSPS) is 11.5. The Morgan fingerprint density at radius 3 is 2.18 bits per heavy atom. The monoisotopic (exact) mass is 404 g/mol. The summed E-state index contributed by atoms with van der Waals surface area (Å²) in [5, 5.41) is 9.58. The number of hydrogen-bond acceptors (Lipinski definition) is 5. The Morgan fingerprint density at radius 1 is 1.07 bits per heavy atom. The van der Waals surface area contributed by atoms with Crippen molar-refractivity contribution in [3.8, 4) is 17.1 Å². The van der Waals surface area contributed by atoms with E-state index in [0.717, 1.165) is 28.8 Å². The van der Waals surface area contributed by atoms with Gasteiger partial charge in [-0.05, 0) is 57.9 Å². The van der Waals surface area contributed by atoms with Crippen molar-refractivity contribution in [1.29, 1.82) is 0 Å². The van der Waals surface area contributed by atoms with Gasteiger partial charge in [-0.15, -0.1) is 10.2 Å². The second-order valence-electron chi connectivity index (χ2n) is 7.82. The van der Waals surface area contributed by atoms with Crippen molar-refractivity contribution >= 4 is 17.7 Å². The van der Waals surface area contributed by atoms with Crippen LogP contribution in [0.3, 0.4) is 0 Å². The second-order valence-corrected chi connectivity index (χ2v) is 8.76. The third-order valence-electron chi connectivity index (χ3n) is 4.34. The van der Waals surface area contributed by atoms with Gasteiger partial charge in [0, 0.05) is 24.2 Å². The van der Waals surface area contributed by atoms with E-state index < -0.39 is 0 Å². The molecule has 7 heteroatoms. The van der Waals surface area contributed by atoms with Crippen molar-refractivity contribution in [1.82, 2.24) is 19.7 Å². The van der Waals surface area contributed by atoms with E-state index in [4.69, 9.17) is 4.74 Å². The van der Waals surface area contributed by atoms with Gasteiger partial charge < -0.3 is 14.2 Å². The predicted molar refractivity (Wildman–Crippen MR) is 115 cm³/mol. The smallest absolute Gasteiger partial charge is 0.233 e. The van der Waals surface area contributed by atoms with E-state index in [1.807, 2.05) is 56.9 Å². The summed E-state index contributed by atoms with van der Waals surface area (Å²) in [5.74, 6) is 2.54. The van der Waals surface area contributed by atoms with Gasteiger partial charge >= 0.3 is 0 Å². The van der Waals surface area contributed by atoms with E-state index in [2.05, 4.69) is 28.6 Å². The molecule has 0 aliphatic rings. The van der Waals surface area contributed by atoms with E-state index in [-0.39, 0.29) is 18.0 Å². The highest BCUT2D eigenvalue weighted by atomic mass is 32.2. The Bertz CT molecular complexity index is 761. The van der Waals surface area contributed by atoms with Gasteiger partial charge in [-0.2, -0.15) is 0 Å². The second kappa shape index (κ2) is 9.96. The first-order chi connectivity index (χ1) is 13.2. The molecule has 1 amide bonds. The molecule has 1 aromatic carbocycles. The molecule has 0 unspecified atom stereocenters. The van der Waals surface area contributed by atoms with Gasteiger partial charge in [0.2, 0.25) is 5.91 Å². The Kier molecular flexibility index (Phi) is 7.92. The first-order valence-corrected chi connectivity index (χ1v) is 10.7. The van der Waals surface area contributed by atoms with Crippen LogP contribution in [0.25, 0.3) is 11.4 Å². The topological polar surface area (TPSA) is 60.3 Å². The van der Waals surface area contributed by atoms with Crippen LogP contribution >= 0.6 is 11.8 Å². The molecule has 0 N–H and O–H groups in total. The van der Waals surface area contributed by atoms with Crippen molar-refractivity contribution in [2.75, 3.05) is 12.9 Å². The van der Waals surface area contributed by atoms with E-state index in [1.165, 1.54) is 11.8 Å². The first kappa shape index (κ1) is 22.3. The van der Waals surface area contributed by atoms with Crippen molar-refractivity contribution in [2.24, 2.45) is 5.92 Å². The lowest BCUT2D eigenvalue weighted by atomic mass is 10.2. The van der Waals surface area contributed by atoms with Crippen LogP contribution in [-0.4, -0.2) is 50.5 Å². The molecule has 0 fully saturated rings. The molecule has 0 radical (unpaired) electrons. The molecule has 0 bridgehead atoms. The maximum Gasteiger partial charge on any atom is 0.233 e. The Hall–Kier alpha value is -2.02. The van der Waals surface area contributed by atoms with Gasteiger partial charge in [-0.1, -0.05) is 25.6 Å². The number of rotatable bonds is 9. The number of ether oxygens (including phenoxy) is 1. The Morgan fingerprint density at radius 2 is 1.68 bits per heavy atom. The average Bonchev–Trinajstić information content (AvgIpc) is 3.01. The third kappa shape index (κ3) is 5.50. The van der Waals surface area contributed by atoms with E-state index in [1.54, 1.807) is 7.11 Å². The molecule has 2 rings (SSSR count). The van der Waals surface area contributed by atoms with Crippen LogP contribution in [0.2, 0.25) is 0 Å². The summed E-state index contributed by atoms with van der Waals surface area (Å²) < 4.78 is 7.35. The molecule has 6 nitrogen and oxygen atoms in total. The lowest BCUT2D eigenvalue weighted by Gasteiger charge is -2.30. The van der Waals surface area contributed by atoms with Crippen LogP contribution in [0, 0.1) is 5.92 Å². The highest BCUT2D eigenvalue weighted by Crippen LogP contribution is 2.27. The standard InChI is InChI=1S/C21H32N4O2S/c1-14(2)12-24-20(17-8-10-18(27-7)11-9-17)22-23-21(24)28-13-19(26)25(15(3)4)16(5)6/h8-11,14-16H,12-13H2,1-7H3. The molecule has 2 aromatic rings. The van der Waals surface area contributed by atoms with Gasteiger partial charge in [0.15, 0.2) is 11.0 Å². The summed E-state index contributed by atoms with van der Waals surface area (Å²) in [6, 6.07) is 8.16. The third-order valence-corrected chi connectivity index (χ3v) is 5.29. The average molecular weight is 405 g/mol. The number of benzene rings is 1. The summed E-state index contributed by atoms with van der Waals surface area (Å²) in [7, 11) is 1.65. The number of thioether (sulfide) groups is 1. The molecule has 0 spiro atoms. The Balaban J connectivity index is 2.24. The molecule has 1 heterocycles. The van der Waals surface area contributed by atoms with Crippen molar-refractivity contribution < 1.29 is 9.53 Å². The molecule has 0 saturated carbocycles. The fraction of sp³-hybridized carbons (Fsp3) is 0.571. The van der Waals surface area contributed by atoms with Crippen LogP contribution in [0.1, 0.15) is 41.5 Å². The molecular weight excluding hydrogens is 372 g/mol. The van der Waals surface area contributed by atoms with Crippen LogP contribution in [0.15, 0.2) is 29.4 Å². The van der Waals surface area contributed by atoms with Crippen LogP contribution in [0.4, 0.5) is 0 Å². The minimum atomic E-state index is 0.125. The molecule has 0 atom stereocenters. The van der Waals surface area contributed by atoms with Crippen molar-refractivity contribution in [2.45, 2.75) is 65.3 Å². The van der Waals surface area contributed by atoms with Gasteiger partial charge in [0.05, 0.1) is 12.9 Å². The molecule has 154 valence electrons. The van der Waals surface area contributed by atoms with Crippen molar-refractivity contribution in [3.63, 3.8) is 0 Å². The first-order valence-electron chi connectivity index (χ1n) is 9.76. The van der Waals surface area contributed by atoms with Gasteiger partial charge in [0.1, 0.15) is 5.75 Å². The highest BCUT2D eigenvalue weighted by molar-refractivity contribution is 7.99. The van der Waals surface area contributed by atoms with Crippen molar-refractivity contribution in [3.05, 3.63) is 24.3 Å². The molecule has 0 aliphatic heterocycles. The number of aromatic nitrogens is 3. The maximum absolute atomic E-state index is 12.7. The summed E-state index contributed by atoms with van der Waals surface area (Å²) in [6.45, 7) is 13.3. The maximum atomic E-state index is 12.7. The summed E-state index contributed by atoms with van der Waals surface area (Å²) in [6.07, 6.45) is 0. The van der Waals surface area contributed by atoms with Crippen LogP contribution in [0.5, 0.6) is 5.75 Å². The molecule has 0 saturated heterocycles.